The van der Waals surface area contributed by atoms with Crippen LogP contribution < -0.4 is 0 Å². The van der Waals surface area contributed by atoms with Gasteiger partial charge in [0.1, 0.15) is 0 Å². The van der Waals surface area contributed by atoms with Crippen molar-refractivity contribution in [1.82, 2.24) is 0 Å². The van der Waals surface area contributed by atoms with Crippen molar-refractivity contribution in [2.24, 2.45) is 11.8 Å². The van der Waals surface area contributed by atoms with Crippen LogP contribution in [0.2, 0.25) is 0 Å². The van der Waals surface area contributed by atoms with E-state index in [1.165, 1.54) is 0 Å². The van der Waals surface area contributed by atoms with E-state index in [0.29, 0.717) is 11.8 Å². The molecule has 60 valence electrons. The first-order valence-electron chi connectivity index (χ1n) is 3.95. The quantitative estimate of drug-likeness (QED) is 0.586. The van der Waals surface area contributed by atoms with Crippen LogP contribution in [0, 0.1) is 11.8 Å². The first kappa shape index (κ1) is 8.02. The van der Waals surface area contributed by atoms with Crippen molar-refractivity contribution < 1.29 is 9.47 Å². The van der Waals surface area contributed by atoms with Gasteiger partial charge < -0.3 is 9.47 Å². The van der Waals surface area contributed by atoms with Gasteiger partial charge in [0.15, 0.2) is 6.29 Å². The summed E-state index contributed by atoms with van der Waals surface area (Å²) in [5.74, 6) is 1.16. The average molecular weight is 144 g/mol. The van der Waals surface area contributed by atoms with Gasteiger partial charge in [-0.2, -0.15) is 0 Å². The van der Waals surface area contributed by atoms with Crippen LogP contribution in [0.25, 0.3) is 0 Å². The van der Waals surface area contributed by atoms with Crippen LogP contribution in [0.5, 0.6) is 0 Å². The number of hydrogen-bond donors (Lipinski definition) is 0. The Hall–Kier alpha value is -0.0800. The fraction of sp³-hybridized carbons (Fsp3) is 1.00. The van der Waals surface area contributed by atoms with Crippen molar-refractivity contribution in [1.29, 1.82) is 0 Å². The molecule has 2 heteroatoms. The molecule has 10 heavy (non-hydrogen) atoms. The molecule has 0 saturated carbocycles. The first-order chi connectivity index (χ1) is 4.72. The highest BCUT2D eigenvalue weighted by atomic mass is 16.7. The van der Waals surface area contributed by atoms with Gasteiger partial charge in [-0.25, -0.2) is 0 Å². The summed E-state index contributed by atoms with van der Waals surface area (Å²) in [6, 6.07) is 0. The minimum absolute atomic E-state index is 0.0556. The number of hydrogen-bond acceptors (Lipinski definition) is 2. The molecule has 1 rings (SSSR count). The van der Waals surface area contributed by atoms with E-state index in [1.54, 1.807) is 0 Å². The molecule has 0 aromatic rings. The standard InChI is InChI=1S/C8H16O2/c1-6(2)7(3)8-9-4-5-10-8/h6-8H,4-5H2,1-3H3. The first-order valence-corrected chi connectivity index (χ1v) is 3.95. The smallest absolute Gasteiger partial charge is 0.160 e. The van der Waals surface area contributed by atoms with Gasteiger partial charge in [-0.15, -0.1) is 0 Å². The van der Waals surface area contributed by atoms with Crippen LogP contribution in [-0.4, -0.2) is 19.5 Å². The summed E-state index contributed by atoms with van der Waals surface area (Å²) in [5.41, 5.74) is 0. The van der Waals surface area contributed by atoms with Crippen molar-refractivity contribution >= 4 is 0 Å². The van der Waals surface area contributed by atoms with Gasteiger partial charge in [-0.3, -0.25) is 0 Å². The highest BCUT2D eigenvalue weighted by Crippen LogP contribution is 2.20. The molecule has 0 amide bonds. The van der Waals surface area contributed by atoms with E-state index >= 15 is 0 Å². The molecule has 1 aliphatic rings. The van der Waals surface area contributed by atoms with Crippen molar-refractivity contribution in [2.75, 3.05) is 13.2 Å². The minimum atomic E-state index is 0.0556. The van der Waals surface area contributed by atoms with Crippen molar-refractivity contribution in [3.8, 4) is 0 Å². The SMILES string of the molecule is CC(C)C(C)C1OCCO1. The third-order valence-corrected chi connectivity index (χ3v) is 2.13. The van der Waals surface area contributed by atoms with E-state index in [1.807, 2.05) is 0 Å². The predicted octanol–water partition coefficient (Wildman–Crippen LogP) is 1.65. The van der Waals surface area contributed by atoms with Gasteiger partial charge in [0.2, 0.25) is 0 Å². The topological polar surface area (TPSA) is 18.5 Å². The summed E-state index contributed by atoms with van der Waals surface area (Å²) in [6.07, 6.45) is 0.0556. The Bertz CT molecular complexity index is 95.4. The summed E-state index contributed by atoms with van der Waals surface area (Å²) in [4.78, 5) is 0. The summed E-state index contributed by atoms with van der Waals surface area (Å²) >= 11 is 0. The fourth-order valence-corrected chi connectivity index (χ4v) is 0.994. The minimum Gasteiger partial charge on any atom is -0.350 e. The van der Waals surface area contributed by atoms with Crippen LogP contribution in [0.1, 0.15) is 20.8 Å². The molecule has 0 aromatic carbocycles. The third-order valence-electron chi connectivity index (χ3n) is 2.13. The third kappa shape index (κ3) is 1.70. The predicted molar refractivity (Wildman–Crippen MR) is 39.7 cm³/mol. The van der Waals surface area contributed by atoms with Gasteiger partial charge in [0, 0.05) is 5.92 Å². The molecular formula is C8H16O2. The molecule has 0 spiro atoms. The number of ether oxygens (including phenoxy) is 2. The average Bonchev–Trinajstić information content (AvgIpc) is 2.36. The lowest BCUT2D eigenvalue weighted by Crippen LogP contribution is -2.22. The lowest BCUT2D eigenvalue weighted by molar-refractivity contribution is -0.0898. The van der Waals surface area contributed by atoms with Gasteiger partial charge in [0.25, 0.3) is 0 Å². The van der Waals surface area contributed by atoms with Gasteiger partial charge in [-0.1, -0.05) is 20.8 Å². The van der Waals surface area contributed by atoms with Crippen LogP contribution in [0.15, 0.2) is 0 Å². The molecule has 1 heterocycles. The highest BCUT2D eigenvalue weighted by molar-refractivity contribution is 4.64. The van der Waals surface area contributed by atoms with Crippen LogP contribution in [0.3, 0.4) is 0 Å². The molecule has 0 radical (unpaired) electrons. The summed E-state index contributed by atoms with van der Waals surface area (Å²) in [5, 5.41) is 0. The second-order valence-corrected chi connectivity index (χ2v) is 3.21. The van der Waals surface area contributed by atoms with E-state index in [-0.39, 0.29) is 6.29 Å². The Morgan fingerprint density at radius 3 is 2.00 bits per heavy atom. The van der Waals surface area contributed by atoms with Crippen molar-refractivity contribution in [2.45, 2.75) is 27.1 Å². The largest absolute Gasteiger partial charge is 0.350 e. The molecule has 0 aliphatic carbocycles. The van der Waals surface area contributed by atoms with E-state index in [4.69, 9.17) is 9.47 Å². The second-order valence-electron chi connectivity index (χ2n) is 3.21. The molecule has 1 unspecified atom stereocenters. The van der Waals surface area contributed by atoms with E-state index in [0.717, 1.165) is 13.2 Å². The van der Waals surface area contributed by atoms with E-state index in [2.05, 4.69) is 20.8 Å². The Kier molecular flexibility index (Phi) is 2.69. The zero-order chi connectivity index (χ0) is 7.56. The molecule has 2 nitrogen and oxygen atoms in total. The van der Waals surface area contributed by atoms with Gasteiger partial charge in [0.05, 0.1) is 13.2 Å². The molecular weight excluding hydrogens is 128 g/mol. The highest BCUT2D eigenvalue weighted by Gasteiger charge is 2.24. The zero-order valence-electron chi connectivity index (χ0n) is 6.96. The molecule has 1 saturated heterocycles. The molecule has 0 bridgehead atoms. The molecule has 1 atom stereocenters. The van der Waals surface area contributed by atoms with Gasteiger partial charge in [-0.05, 0) is 5.92 Å². The Balaban J connectivity index is 2.32. The Morgan fingerprint density at radius 1 is 1.10 bits per heavy atom. The maximum Gasteiger partial charge on any atom is 0.160 e. The number of rotatable bonds is 2. The Morgan fingerprint density at radius 2 is 1.60 bits per heavy atom. The molecule has 0 N–H and O–H groups in total. The van der Waals surface area contributed by atoms with Crippen LogP contribution in [0.4, 0.5) is 0 Å². The van der Waals surface area contributed by atoms with Crippen LogP contribution in [-0.2, 0) is 9.47 Å². The van der Waals surface area contributed by atoms with E-state index < -0.39 is 0 Å². The normalized spacial score (nSPS) is 24.0. The summed E-state index contributed by atoms with van der Waals surface area (Å²) in [7, 11) is 0. The fourth-order valence-electron chi connectivity index (χ4n) is 0.994. The summed E-state index contributed by atoms with van der Waals surface area (Å²) < 4.78 is 10.7. The maximum atomic E-state index is 5.35. The van der Waals surface area contributed by atoms with Crippen LogP contribution >= 0.6 is 0 Å². The van der Waals surface area contributed by atoms with Crippen molar-refractivity contribution in [3.63, 3.8) is 0 Å². The van der Waals surface area contributed by atoms with Gasteiger partial charge >= 0.3 is 0 Å². The van der Waals surface area contributed by atoms with E-state index in [9.17, 15) is 0 Å². The molecule has 0 aromatic heterocycles. The zero-order valence-corrected chi connectivity index (χ0v) is 6.96. The second kappa shape index (κ2) is 3.35. The molecule has 1 fully saturated rings. The van der Waals surface area contributed by atoms with Crippen molar-refractivity contribution in [3.05, 3.63) is 0 Å². The summed E-state index contributed by atoms with van der Waals surface area (Å²) in [6.45, 7) is 8.08. The Labute approximate surface area is 62.5 Å². The monoisotopic (exact) mass is 144 g/mol. The lowest BCUT2D eigenvalue weighted by atomic mass is 9.98. The molecule has 1 aliphatic heterocycles. The lowest BCUT2D eigenvalue weighted by Gasteiger charge is -2.20. The maximum absolute atomic E-state index is 5.35.